The van der Waals surface area contributed by atoms with Gasteiger partial charge in [0.05, 0.1) is 4.83 Å². The molecule has 0 amide bonds. The van der Waals surface area contributed by atoms with E-state index in [4.69, 9.17) is 14.2 Å². The third-order valence-electron chi connectivity index (χ3n) is 2.09. The van der Waals surface area contributed by atoms with Crippen LogP contribution in [0, 0.1) is 5.92 Å². The van der Waals surface area contributed by atoms with Crippen LogP contribution in [0.1, 0.15) is 13.3 Å². The lowest BCUT2D eigenvalue weighted by Gasteiger charge is -2.36. The van der Waals surface area contributed by atoms with Gasteiger partial charge in [-0.3, -0.25) is 0 Å². The van der Waals surface area contributed by atoms with Crippen molar-refractivity contribution in [3.63, 3.8) is 0 Å². The van der Waals surface area contributed by atoms with E-state index in [1.54, 1.807) is 14.2 Å². The molecule has 0 aliphatic carbocycles. The Kier molecular flexibility index (Phi) is 3.96. The number of methoxy groups -OCH3 is 2. The summed E-state index contributed by atoms with van der Waals surface area (Å²) in [7, 11) is 3.30. The summed E-state index contributed by atoms with van der Waals surface area (Å²) in [5.74, 6) is 0.408. The zero-order valence-electron chi connectivity index (χ0n) is 7.62. The van der Waals surface area contributed by atoms with Gasteiger partial charge in [0.2, 0.25) is 0 Å². The van der Waals surface area contributed by atoms with Gasteiger partial charge in [0.1, 0.15) is 0 Å². The van der Waals surface area contributed by atoms with Gasteiger partial charge in [0, 0.05) is 20.1 Å². The number of hydrogen-bond acceptors (Lipinski definition) is 3. The Morgan fingerprint density at radius 1 is 1.25 bits per heavy atom. The van der Waals surface area contributed by atoms with E-state index in [0.717, 1.165) is 6.42 Å². The first-order valence-corrected chi connectivity index (χ1v) is 4.95. The smallest absolute Gasteiger partial charge is 0.172 e. The van der Waals surface area contributed by atoms with Gasteiger partial charge < -0.3 is 14.2 Å². The quantitative estimate of drug-likeness (QED) is 0.687. The highest BCUT2D eigenvalue weighted by Crippen LogP contribution is 2.30. The molecule has 3 nitrogen and oxygen atoms in total. The summed E-state index contributed by atoms with van der Waals surface area (Å²) in [4.78, 5) is 0.267. The lowest BCUT2D eigenvalue weighted by atomic mass is 10.0. The average molecular weight is 239 g/mol. The van der Waals surface area contributed by atoms with Crippen molar-refractivity contribution < 1.29 is 14.2 Å². The van der Waals surface area contributed by atoms with Crippen molar-refractivity contribution >= 4 is 15.9 Å². The SMILES string of the molecule is COC1OC(OC)C(Br)CC1C. The highest BCUT2D eigenvalue weighted by Gasteiger charge is 2.34. The van der Waals surface area contributed by atoms with E-state index in [-0.39, 0.29) is 17.4 Å². The van der Waals surface area contributed by atoms with Crippen molar-refractivity contribution in [1.29, 1.82) is 0 Å². The lowest BCUT2D eigenvalue weighted by Crippen LogP contribution is -2.42. The van der Waals surface area contributed by atoms with Crippen LogP contribution < -0.4 is 0 Å². The maximum absolute atomic E-state index is 5.52. The fraction of sp³-hybridized carbons (Fsp3) is 1.00. The first kappa shape index (κ1) is 10.4. The van der Waals surface area contributed by atoms with Gasteiger partial charge in [-0.15, -0.1) is 0 Å². The highest BCUT2D eigenvalue weighted by molar-refractivity contribution is 9.09. The third-order valence-corrected chi connectivity index (χ3v) is 2.90. The molecule has 4 heteroatoms. The Morgan fingerprint density at radius 2 is 1.83 bits per heavy atom. The molecule has 0 aromatic rings. The molecule has 1 rings (SSSR count). The van der Waals surface area contributed by atoms with E-state index in [0.29, 0.717) is 5.92 Å². The standard InChI is InChI=1S/C8H15BrO3/c1-5-4-6(9)8(11-3)12-7(5)10-2/h5-8H,4H2,1-3H3. The van der Waals surface area contributed by atoms with Crippen LogP contribution in [-0.4, -0.2) is 31.6 Å². The number of alkyl halides is 1. The number of hydrogen-bond donors (Lipinski definition) is 0. The Balaban J connectivity index is 2.50. The molecule has 12 heavy (non-hydrogen) atoms. The summed E-state index contributed by atoms with van der Waals surface area (Å²) in [6.07, 6.45) is 0.687. The van der Waals surface area contributed by atoms with Gasteiger partial charge in [-0.05, 0) is 6.42 Å². The minimum atomic E-state index is -0.189. The van der Waals surface area contributed by atoms with E-state index in [1.807, 2.05) is 0 Å². The zero-order chi connectivity index (χ0) is 9.14. The Bertz CT molecular complexity index is 128. The largest absolute Gasteiger partial charge is 0.355 e. The van der Waals surface area contributed by atoms with Gasteiger partial charge in [-0.2, -0.15) is 0 Å². The molecule has 72 valence electrons. The summed E-state index contributed by atoms with van der Waals surface area (Å²) < 4.78 is 15.8. The second-order valence-electron chi connectivity index (χ2n) is 3.07. The van der Waals surface area contributed by atoms with Gasteiger partial charge in [0.25, 0.3) is 0 Å². The molecular formula is C8H15BrO3. The molecule has 0 aromatic carbocycles. The lowest BCUT2D eigenvalue weighted by molar-refractivity contribution is -0.266. The van der Waals surface area contributed by atoms with Crippen molar-refractivity contribution in [2.75, 3.05) is 14.2 Å². The van der Waals surface area contributed by atoms with Crippen LogP contribution in [0.5, 0.6) is 0 Å². The Hall–Kier alpha value is 0.360. The Labute approximate surface area is 81.5 Å². The number of rotatable bonds is 2. The molecule has 0 radical (unpaired) electrons. The average Bonchev–Trinajstić information content (AvgIpc) is 2.05. The Morgan fingerprint density at radius 3 is 2.33 bits per heavy atom. The van der Waals surface area contributed by atoms with Crippen molar-refractivity contribution in [2.45, 2.75) is 30.8 Å². The van der Waals surface area contributed by atoms with Gasteiger partial charge in [-0.25, -0.2) is 0 Å². The monoisotopic (exact) mass is 238 g/mol. The van der Waals surface area contributed by atoms with Crippen LogP contribution in [0.25, 0.3) is 0 Å². The predicted molar refractivity (Wildman–Crippen MR) is 49.2 cm³/mol. The molecule has 1 aliphatic heterocycles. The molecule has 1 saturated heterocycles. The fourth-order valence-electron chi connectivity index (χ4n) is 1.42. The normalized spacial score (nSPS) is 43.0. The summed E-state index contributed by atoms with van der Waals surface area (Å²) in [6, 6.07) is 0. The van der Waals surface area contributed by atoms with Crippen LogP contribution in [0.3, 0.4) is 0 Å². The van der Waals surface area contributed by atoms with E-state index < -0.39 is 0 Å². The molecule has 1 fully saturated rings. The predicted octanol–water partition coefficient (Wildman–Crippen LogP) is 1.75. The number of halogens is 1. The molecule has 1 heterocycles. The first-order chi connectivity index (χ1) is 5.69. The summed E-state index contributed by atoms with van der Waals surface area (Å²) in [6.45, 7) is 2.11. The number of ether oxygens (including phenoxy) is 3. The fourth-order valence-corrected chi connectivity index (χ4v) is 2.35. The summed E-state index contributed by atoms with van der Waals surface area (Å²) in [5, 5.41) is 0. The topological polar surface area (TPSA) is 27.7 Å². The maximum Gasteiger partial charge on any atom is 0.172 e. The van der Waals surface area contributed by atoms with Gasteiger partial charge in [0.15, 0.2) is 12.6 Å². The molecule has 0 bridgehead atoms. The molecular weight excluding hydrogens is 224 g/mol. The zero-order valence-corrected chi connectivity index (χ0v) is 9.21. The van der Waals surface area contributed by atoms with Crippen LogP contribution >= 0.6 is 15.9 Å². The highest BCUT2D eigenvalue weighted by atomic mass is 79.9. The second kappa shape index (κ2) is 4.56. The van der Waals surface area contributed by atoms with Crippen molar-refractivity contribution in [1.82, 2.24) is 0 Å². The molecule has 1 aliphatic rings. The minimum absolute atomic E-state index is 0.135. The third kappa shape index (κ3) is 2.19. The summed E-state index contributed by atoms with van der Waals surface area (Å²) in [5.41, 5.74) is 0. The van der Waals surface area contributed by atoms with E-state index in [2.05, 4.69) is 22.9 Å². The van der Waals surface area contributed by atoms with E-state index in [1.165, 1.54) is 0 Å². The van der Waals surface area contributed by atoms with Crippen LogP contribution in [0.2, 0.25) is 0 Å². The van der Waals surface area contributed by atoms with Gasteiger partial charge in [-0.1, -0.05) is 22.9 Å². The second-order valence-corrected chi connectivity index (χ2v) is 4.25. The van der Waals surface area contributed by atoms with Crippen molar-refractivity contribution in [3.8, 4) is 0 Å². The van der Waals surface area contributed by atoms with Crippen LogP contribution in [-0.2, 0) is 14.2 Å². The molecule has 4 unspecified atom stereocenters. The maximum atomic E-state index is 5.52. The van der Waals surface area contributed by atoms with E-state index >= 15 is 0 Å². The van der Waals surface area contributed by atoms with Gasteiger partial charge >= 0.3 is 0 Å². The molecule has 0 N–H and O–H groups in total. The molecule has 0 saturated carbocycles. The van der Waals surface area contributed by atoms with Crippen molar-refractivity contribution in [3.05, 3.63) is 0 Å². The molecule has 0 spiro atoms. The van der Waals surface area contributed by atoms with Crippen LogP contribution in [0.15, 0.2) is 0 Å². The van der Waals surface area contributed by atoms with Crippen LogP contribution in [0.4, 0.5) is 0 Å². The minimum Gasteiger partial charge on any atom is -0.355 e. The first-order valence-electron chi connectivity index (χ1n) is 4.04. The van der Waals surface area contributed by atoms with Crippen molar-refractivity contribution in [2.24, 2.45) is 5.92 Å². The summed E-state index contributed by atoms with van der Waals surface area (Å²) >= 11 is 3.51. The molecule has 4 atom stereocenters. The van der Waals surface area contributed by atoms with E-state index in [9.17, 15) is 0 Å². The molecule has 0 aromatic heterocycles.